The number of nitrogens with zero attached hydrogens (tertiary/aromatic N) is 3. The van der Waals surface area contributed by atoms with Crippen molar-refractivity contribution in [2.75, 3.05) is 50.8 Å². The van der Waals surface area contributed by atoms with Crippen LogP contribution in [0.25, 0.3) is 5.76 Å². The molecule has 0 bridgehead atoms. The fourth-order valence-electron chi connectivity index (χ4n) is 6.47. The number of ether oxygens (including phenoxy) is 2. The van der Waals surface area contributed by atoms with Crippen LogP contribution in [-0.4, -0.2) is 84.5 Å². The van der Waals surface area contributed by atoms with Crippen LogP contribution >= 0.6 is 0 Å². The molecule has 2 fully saturated rings. The molecule has 0 aliphatic carbocycles. The Balaban J connectivity index is 1.48. The Morgan fingerprint density at radius 2 is 1.85 bits per heavy atom. The first-order valence-corrected chi connectivity index (χ1v) is 13.7. The molecule has 4 heterocycles. The second-order valence-electron chi connectivity index (χ2n) is 10.5. The van der Waals surface area contributed by atoms with Crippen molar-refractivity contribution in [3.63, 3.8) is 0 Å². The molecule has 1 N–H and O–H groups in total. The fourth-order valence-corrected chi connectivity index (χ4v) is 6.47. The number of rotatable bonds is 6. The summed E-state index contributed by atoms with van der Waals surface area (Å²) >= 11 is 0. The van der Waals surface area contributed by atoms with Crippen molar-refractivity contribution < 1.29 is 29.0 Å². The predicted molar refractivity (Wildman–Crippen MR) is 145 cm³/mol. The molecule has 6 rings (SSSR count). The van der Waals surface area contributed by atoms with E-state index < -0.39 is 23.1 Å². The molecule has 2 aromatic rings. The van der Waals surface area contributed by atoms with E-state index in [1.54, 1.807) is 35.2 Å². The van der Waals surface area contributed by atoms with E-state index >= 15 is 0 Å². The third kappa shape index (κ3) is 3.86. The van der Waals surface area contributed by atoms with Crippen molar-refractivity contribution in [3.8, 4) is 5.75 Å². The number of ketones is 1. The summed E-state index contributed by atoms with van der Waals surface area (Å²) < 4.78 is 11.2. The monoisotopic (exact) mass is 531 g/mol. The number of morpholine rings is 1. The minimum absolute atomic E-state index is 0.00874. The van der Waals surface area contributed by atoms with E-state index in [0.29, 0.717) is 56.0 Å². The highest BCUT2D eigenvalue weighted by atomic mass is 16.5. The van der Waals surface area contributed by atoms with Crippen molar-refractivity contribution in [2.24, 2.45) is 0 Å². The zero-order chi connectivity index (χ0) is 27.3. The number of carbonyl (C=O) groups is 3. The van der Waals surface area contributed by atoms with E-state index in [0.717, 1.165) is 24.4 Å². The van der Waals surface area contributed by atoms with Gasteiger partial charge < -0.3 is 24.4 Å². The summed E-state index contributed by atoms with van der Waals surface area (Å²) in [6.07, 6.45) is 1.25. The molecule has 4 aliphatic heterocycles. The standard InChI is InChI=1S/C30H33N3O6/c1-3-32-23-8-5-4-7-22(23)30(29(32)37)25(26(34)20-9-10-24-21(18-20)17-19(2)39-24)27(35)28(36)33(30)12-6-11-31-13-15-38-16-14-31/h4-5,7-10,18-19,34H,3,6,11-17H2,1-2H3. The van der Waals surface area contributed by atoms with E-state index in [4.69, 9.17) is 9.47 Å². The quantitative estimate of drug-likeness (QED) is 0.348. The molecular formula is C30H33N3O6. The molecule has 4 aliphatic rings. The third-order valence-corrected chi connectivity index (χ3v) is 8.25. The van der Waals surface area contributed by atoms with Gasteiger partial charge in [0.15, 0.2) is 5.54 Å². The number of amides is 2. The SMILES string of the molecule is CCN1C(=O)C2(C(=C(O)c3ccc4c(c3)CC(C)O4)C(=O)C(=O)N2CCCN2CCOCC2)c2ccccc21. The molecule has 204 valence electrons. The molecule has 2 unspecified atom stereocenters. The first-order chi connectivity index (χ1) is 18.9. The molecule has 9 nitrogen and oxygen atoms in total. The number of aliphatic hydroxyl groups excluding tert-OH is 1. The lowest BCUT2D eigenvalue weighted by molar-refractivity contribution is -0.143. The number of benzene rings is 2. The number of fused-ring (bicyclic) bond motifs is 3. The van der Waals surface area contributed by atoms with Gasteiger partial charge in [0.1, 0.15) is 17.6 Å². The molecular weight excluding hydrogens is 498 g/mol. The summed E-state index contributed by atoms with van der Waals surface area (Å²) in [6, 6.07) is 12.5. The van der Waals surface area contributed by atoms with Gasteiger partial charge in [-0.05, 0) is 50.1 Å². The number of likely N-dealkylation sites (N-methyl/N-ethyl adjacent to an activating group) is 1. The van der Waals surface area contributed by atoms with E-state index in [2.05, 4.69) is 4.90 Å². The second kappa shape index (κ2) is 9.81. The van der Waals surface area contributed by atoms with E-state index in [1.165, 1.54) is 4.90 Å². The van der Waals surface area contributed by atoms with Crippen LogP contribution in [0.1, 0.15) is 37.0 Å². The minimum atomic E-state index is -1.72. The Morgan fingerprint density at radius 3 is 2.62 bits per heavy atom. The van der Waals surface area contributed by atoms with Gasteiger partial charge in [0.25, 0.3) is 17.6 Å². The molecule has 9 heteroatoms. The maximum Gasteiger partial charge on any atom is 0.296 e. The van der Waals surface area contributed by atoms with Crippen molar-refractivity contribution in [1.82, 2.24) is 9.80 Å². The van der Waals surface area contributed by atoms with Crippen LogP contribution in [-0.2, 0) is 31.1 Å². The first kappa shape index (κ1) is 25.6. The molecule has 2 amide bonds. The van der Waals surface area contributed by atoms with Crippen molar-refractivity contribution in [3.05, 3.63) is 64.7 Å². The Kier molecular flexibility index (Phi) is 6.43. The van der Waals surface area contributed by atoms with Gasteiger partial charge in [-0.15, -0.1) is 0 Å². The molecule has 2 aromatic carbocycles. The number of carbonyl (C=O) groups excluding carboxylic acids is 3. The number of para-hydroxylation sites is 1. The highest BCUT2D eigenvalue weighted by Crippen LogP contribution is 2.53. The highest BCUT2D eigenvalue weighted by molar-refractivity contribution is 6.50. The summed E-state index contributed by atoms with van der Waals surface area (Å²) in [5.41, 5.74) is 0.595. The van der Waals surface area contributed by atoms with E-state index in [9.17, 15) is 19.5 Å². The third-order valence-electron chi connectivity index (χ3n) is 8.25. The molecule has 1 spiro atoms. The van der Waals surface area contributed by atoms with Crippen LogP contribution in [0, 0.1) is 0 Å². The number of aliphatic hydroxyl groups is 1. The van der Waals surface area contributed by atoms with Crippen LogP contribution < -0.4 is 9.64 Å². The lowest BCUT2D eigenvalue weighted by atomic mass is 9.81. The molecule has 2 saturated heterocycles. The van der Waals surface area contributed by atoms with Crippen LogP contribution in [0.15, 0.2) is 48.0 Å². The summed E-state index contributed by atoms with van der Waals surface area (Å²) in [4.78, 5) is 47.0. The maximum absolute atomic E-state index is 14.3. The lowest BCUT2D eigenvalue weighted by Crippen LogP contribution is -2.52. The van der Waals surface area contributed by atoms with Crippen molar-refractivity contribution in [1.29, 1.82) is 0 Å². The van der Waals surface area contributed by atoms with Crippen molar-refractivity contribution in [2.45, 2.75) is 38.3 Å². The Bertz CT molecular complexity index is 1380. The Hall–Kier alpha value is -3.69. The Morgan fingerprint density at radius 1 is 1.08 bits per heavy atom. The van der Waals surface area contributed by atoms with E-state index in [-0.39, 0.29) is 24.0 Å². The van der Waals surface area contributed by atoms with Crippen LogP contribution in [0.5, 0.6) is 5.75 Å². The number of Topliss-reactive ketones (excluding diaryl/α,β-unsaturated/α-hetero) is 1. The summed E-state index contributed by atoms with van der Waals surface area (Å²) in [6.45, 7) is 8.02. The van der Waals surface area contributed by atoms with Crippen LogP contribution in [0.2, 0.25) is 0 Å². The first-order valence-electron chi connectivity index (χ1n) is 13.7. The number of hydrogen-bond acceptors (Lipinski definition) is 7. The number of likely N-dealkylation sites (tertiary alicyclic amines) is 1. The fraction of sp³-hybridized carbons (Fsp3) is 0.433. The number of anilines is 1. The smallest absolute Gasteiger partial charge is 0.296 e. The molecule has 0 aromatic heterocycles. The van der Waals surface area contributed by atoms with Gasteiger partial charge in [-0.25, -0.2) is 0 Å². The normalized spacial score (nSPS) is 25.9. The second-order valence-corrected chi connectivity index (χ2v) is 10.5. The highest BCUT2D eigenvalue weighted by Gasteiger charge is 2.66. The van der Waals surface area contributed by atoms with E-state index in [1.807, 2.05) is 26.0 Å². The Labute approximate surface area is 227 Å². The summed E-state index contributed by atoms with van der Waals surface area (Å²) in [5, 5.41) is 11.7. The van der Waals surface area contributed by atoms with Gasteiger partial charge in [-0.1, -0.05) is 18.2 Å². The van der Waals surface area contributed by atoms with Crippen LogP contribution in [0.4, 0.5) is 5.69 Å². The van der Waals surface area contributed by atoms with Gasteiger partial charge in [0.2, 0.25) is 0 Å². The summed E-state index contributed by atoms with van der Waals surface area (Å²) in [7, 11) is 0. The largest absolute Gasteiger partial charge is 0.507 e. The average Bonchev–Trinajstić information content (AvgIpc) is 3.52. The lowest BCUT2D eigenvalue weighted by Gasteiger charge is -2.35. The topological polar surface area (TPSA) is 99.6 Å². The molecule has 39 heavy (non-hydrogen) atoms. The molecule has 2 atom stereocenters. The van der Waals surface area contributed by atoms with Gasteiger partial charge in [0, 0.05) is 50.3 Å². The zero-order valence-electron chi connectivity index (χ0n) is 22.3. The van der Waals surface area contributed by atoms with Crippen molar-refractivity contribution >= 4 is 29.0 Å². The maximum atomic E-state index is 14.3. The van der Waals surface area contributed by atoms with Crippen LogP contribution in [0.3, 0.4) is 0 Å². The minimum Gasteiger partial charge on any atom is -0.507 e. The average molecular weight is 532 g/mol. The van der Waals surface area contributed by atoms with Gasteiger partial charge in [-0.2, -0.15) is 0 Å². The number of hydrogen-bond donors (Lipinski definition) is 1. The van der Waals surface area contributed by atoms with Gasteiger partial charge in [-0.3, -0.25) is 19.3 Å². The molecule has 0 radical (unpaired) electrons. The van der Waals surface area contributed by atoms with Gasteiger partial charge in [0.05, 0.1) is 24.5 Å². The predicted octanol–water partition coefficient (Wildman–Crippen LogP) is 2.67. The summed E-state index contributed by atoms with van der Waals surface area (Å²) in [5.74, 6) is -1.61. The van der Waals surface area contributed by atoms with Gasteiger partial charge >= 0.3 is 0 Å². The molecule has 0 saturated carbocycles. The zero-order valence-corrected chi connectivity index (χ0v) is 22.3.